The van der Waals surface area contributed by atoms with Crippen LogP contribution in [0.3, 0.4) is 0 Å². The molecule has 2 N–H and O–H groups in total. The number of carboxylic acid groups (broad SMARTS) is 1. The maximum Gasteiger partial charge on any atom is 0.303 e. The first-order valence-corrected chi connectivity index (χ1v) is 10.7. The van der Waals surface area contributed by atoms with Crippen LogP contribution in [0, 0.1) is 0 Å². The normalized spacial score (nSPS) is 11.4. The highest BCUT2D eigenvalue weighted by Gasteiger charge is 2.13. The number of fused-ring (bicyclic) bond motifs is 1. The van der Waals surface area contributed by atoms with Crippen molar-refractivity contribution in [1.29, 1.82) is 0 Å². The zero-order chi connectivity index (χ0) is 22.2. The molecule has 31 heavy (non-hydrogen) atoms. The van der Waals surface area contributed by atoms with Gasteiger partial charge in [-0.1, -0.05) is 18.2 Å². The van der Waals surface area contributed by atoms with Gasteiger partial charge in [0, 0.05) is 13.0 Å². The highest BCUT2D eigenvalue weighted by Crippen LogP contribution is 2.33. The Kier molecular flexibility index (Phi) is 7.61. The van der Waals surface area contributed by atoms with Crippen LogP contribution in [0.2, 0.25) is 0 Å². The first kappa shape index (κ1) is 22.3. The number of thiazole rings is 1. The Labute approximate surface area is 184 Å². The molecule has 0 aliphatic heterocycles. The number of nitrogens with one attached hydrogen (secondary N) is 1. The van der Waals surface area contributed by atoms with Gasteiger partial charge in [-0.05, 0) is 54.8 Å². The Bertz CT molecular complexity index is 1070. The van der Waals surface area contributed by atoms with E-state index >= 15 is 0 Å². The smallest absolute Gasteiger partial charge is 0.303 e. The van der Waals surface area contributed by atoms with Gasteiger partial charge in [0.15, 0.2) is 18.1 Å². The number of aliphatic carboxylic acids is 1. The molecule has 3 rings (SSSR count). The van der Waals surface area contributed by atoms with Crippen molar-refractivity contribution < 1.29 is 24.2 Å². The molecule has 3 aromatic rings. The van der Waals surface area contributed by atoms with Crippen LogP contribution in [0.4, 0.5) is 0 Å². The number of likely N-dealkylation sites (N-methyl/N-ethyl adjacent to an activating group) is 1. The zero-order valence-corrected chi connectivity index (χ0v) is 18.2. The van der Waals surface area contributed by atoms with Gasteiger partial charge in [-0.15, -0.1) is 11.3 Å². The van der Waals surface area contributed by atoms with Gasteiger partial charge >= 0.3 is 5.97 Å². The number of carbonyl (C=O) groups is 2. The number of amides is 1. The van der Waals surface area contributed by atoms with E-state index in [1.165, 1.54) is 18.4 Å². The molecule has 0 spiro atoms. The number of rotatable bonds is 10. The predicted octanol–water partition coefficient (Wildman–Crippen LogP) is 4.23. The Hall–Kier alpha value is -3.39. The number of ether oxygens (including phenoxy) is 2. The summed E-state index contributed by atoms with van der Waals surface area (Å²) >= 11 is 1.53. The van der Waals surface area contributed by atoms with Crippen LogP contribution in [0.15, 0.2) is 42.5 Å². The van der Waals surface area contributed by atoms with E-state index in [4.69, 9.17) is 14.6 Å². The molecule has 0 aliphatic rings. The van der Waals surface area contributed by atoms with Gasteiger partial charge in [0.2, 0.25) is 0 Å². The van der Waals surface area contributed by atoms with Crippen LogP contribution in [-0.4, -0.2) is 42.2 Å². The lowest BCUT2D eigenvalue weighted by Gasteiger charge is -2.11. The van der Waals surface area contributed by atoms with E-state index < -0.39 is 5.97 Å². The number of carbonyl (C=O) groups excluding carboxylic acids is 1. The topological polar surface area (TPSA) is 97.8 Å². The zero-order valence-electron chi connectivity index (χ0n) is 17.4. The summed E-state index contributed by atoms with van der Waals surface area (Å²) in [6.45, 7) is 2.27. The Balaban J connectivity index is 1.89. The maximum absolute atomic E-state index is 11.6. The van der Waals surface area contributed by atoms with Gasteiger partial charge in [-0.2, -0.15) is 0 Å². The summed E-state index contributed by atoms with van der Waals surface area (Å²) in [7, 11) is 1.53. The summed E-state index contributed by atoms with van der Waals surface area (Å²) in [5, 5.41) is 12.6. The van der Waals surface area contributed by atoms with Crippen LogP contribution < -0.4 is 14.8 Å². The minimum atomic E-state index is -0.862. The molecule has 2 aromatic carbocycles. The molecule has 7 nitrogen and oxygen atoms in total. The van der Waals surface area contributed by atoms with E-state index in [2.05, 4.69) is 10.3 Å². The molecule has 0 saturated carbocycles. The summed E-state index contributed by atoms with van der Waals surface area (Å²) in [6, 6.07) is 13.2. The lowest BCUT2D eigenvalue weighted by Crippen LogP contribution is -2.28. The summed E-state index contributed by atoms with van der Waals surface area (Å²) in [4.78, 5) is 27.5. The predicted molar refractivity (Wildman–Crippen MR) is 122 cm³/mol. The fourth-order valence-corrected chi connectivity index (χ4v) is 3.99. The molecule has 0 radical (unpaired) electrons. The monoisotopic (exact) mass is 440 g/mol. The second kappa shape index (κ2) is 10.6. The minimum Gasteiger partial charge on any atom is -0.493 e. The minimum absolute atomic E-state index is 0.00658. The molecule has 1 amide bonds. The number of carboxylic acids is 1. The highest BCUT2D eigenvalue weighted by atomic mass is 32.1. The van der Waals surface area contributed by atoms with Crippen molar-refractivity contribution in [3.05, 3.63) is 53.0 Å². The van der Waals surface area contributed by atoms with Gasteiger partial charge in [0.05, 0.1) is 17.3 Å². The number of methoxy groups -OCH3 is 1. The molecular formula is C23H24N2O5S. The molecule has 0 aliphatic carbocycles. The van der Waals surface area contributed by atoms with Crippen LogP contribution in [0.5, 0.6) is 11.5 Å². The van der Waals surface area contributed by atoms with Gasteiger partial charge in [-0.3, -0.25) is 9.59 Å². The number of benzene rings is 2. The average molecular weight is 441 g/mol. The first-order chi connectivity index (χ1) is 15.0. The summed E-state index contributed by atoms with van der Waals surface area (Å²) < 4.78 is 12.0. The molecule has 1 heterocycles. The largest absolute Gasteiger partial charge is 0.493 e. The third kappa shape index (κ3) is 6.05. The van der Waals surface area contributed by atoms with E-state index in [9.17, 15) is 9.59 Å². The lowest BCUT2D eigenvalue weighted by atomic mass is 10.1. The summed E-state index contributed by atoms with van der Waals surface area (Å²) in [6.07, 6.45) is 2.27. The maximum atomic E-state index is 11.6. The van der Waals surface area contributed by atoms with Gasteiger partial charge in [0.25, 0.3) is 5.91 Å². The fraction of sp³-hybridized carbons (Fsp3) is 0.261. The van der Waals surface area contributed by atoms with Crippen molar-refractivity contribution in [2.75, 3.05) is 20.3 Å². The molecule has 0 bridgehead atoms. The molecule has 0 atom stereocenters. The van der Waals surface area contributed by atoms with Crippen molar-refractivity contribution in [2.45, 2.75) is 19.8 Å². The van der Waals surface area contributed by atoms with Crippen LogP contribution >= 0.6 is 11.3 Å². The quantitative estimate of drug-likeness (QED) is 0.490. The molecule has 8 heteroatoms. The van der Waals surface area contributed by atoms with E-state index in [1.54, 1.807) is 12.1 Å². The number of aromatic nitrogens is 1. The van der Waals surface area contributed by atoms with Crippen molar-refractivity contribution in [3.8, 4) is 11.5 Å². The third-order valence-electron chi connectivity index (χ3n) is 4.44. The van der Waals surface area contributed by atoms with Crippen molar-refractivity contribution >= 4 is 45.1 Å². The summed E-state index contributed by atoms with van der Waals surface area (Å²) in [5.41, 5.74) is 2.54. The lowest BCUT2D eigenvalue weighted by molar-refractivity contribution is -0.136. The molecule has 0 saturated heterocycles. The second-order valence-electron chi connectivity index (χ2n) is 6.70. The number of allylic oxidation sites excluding steroid dienone is 1. The number of nitrogens with zero attached hydrogens (tertiary/aromatic N) is 1. The molecule has 162 valence electrons. The number of hydrogen-bond donors (Lipinski definition) is 2. The van der Waals surface area contributed by atoms with Gasteiger partial charge < -0.3 is 19.9 Å². The standard InChI is InChI=1S/C23H24N2O5S/c1-3-24-21(26)14-30-18-10-8-15(13-19(18)29-2)12-16(9-11-22(27)28)23-25-17-6-4-5-7-20(17)31-23/h4-8,10,12-13H,3,9,11,14H2,1-2H3,(H,24,26)(H,27,28)/b16-12+. The van der Waals surface area contributed by atoms with E-state index in [-0.39, 0.29) is 18.9 Å². The number of para-hydroxylation sites is 1. The molecule has 0 unspecified atom stereocenters. The Morgan fingerprint density at radius 3 is 2.68 bits per heavy atom. The van der Waals surface area contributed by atoms with Crippen molar-refractivity contribution in [1.82, 2.24) is 10.3 Å². The van der Waals surface area contributed by atoms with Crippen molar-refractivity contribution in [3.63, 3.8) is 0 Å². The van der Waals surface area contributed by atoms with Gasteiger partial charge in [-0.25, -0.2) is 4.98 Å². The first-order valence-electron chi connectivity index (χ1n) is 9.86. The van der Waals surface area contributed by atoms with E-state index in [0.717, 1.165) is 26.4 Å². The molecular weight excluding hydrogens is 416 g/mol. The van der Waals surface area contributed by atoms with E-state index in [1.807, 2.05) is 43.3 Å². The SMILES string of the molecule is CCNC(=O)COc1ccc(/C=C(\CCC(=O)O)c2nc3ccccc3s2)cc1OC. The van der Waals surface area contributed by atoms with Crippen LogP contribution in [-0.2, 0) is 9.59 Å². The van der Waals surface area contributed by atoms with Crippen LogP contribution in [0.1, 0.15) is 30.3 Å². The average Bonchev–Trinajstić information content (AvgIpc) is 3.19. The molecule has 0 fully saturated rings. The van der Waals surface area contributed by atoms with Crippen molar-refractivity contribution in [2.24, 2.45) is 0 Å². The Morgan fingerprint density at radius 1 is 1.16 bits per heavy atom. The third-order valence-corrected chi connectivity index (χ3v) is 5.55. The van der Waals surface area contributed by atoms with E-state index in [0.29, 0.717) is 24.5 Å². The second-order valence-corrected chi connectivity index (χ2v) is 7.73. The molecule has 1 aromatic heterocycles. The number of hydrogen-bond acceptors (Lipinski definition) is 6. The summed E-state index contributed by atoms with van der Waals surface area (Å²) in [5.74, 6) is -0.128. The van der Waals surface area contributed by atoms with Crippen LogP contribution in [0.25, 0.3) is 21.9 Å². The Morgan fingerprint density at radius 2 is 1.97 bits per heavy atom. The highest BCUT2D eigenvalue weighted by molar-refractivity contribution is 7.19. The fourth-order valence-electron chi connectivity index (χ4n) is 2.98. The van der Waals surface area contributed by atoms with Gasteiger partial charge in [0.1, 0.15) is 5.01 Å².